The summed E-state index contributed by atoms with van der Waals surface area (Å²) in [5.41, 5.74) is 2.79. The first-order valence-corrected chi connectivity index (χ1v) is 10.8. The fraction of sp³-hybridized carbons (Fsp3) is 0.565. The van der Waals surface area contributed by atoms with E-state index in [9.17, 15) is 0 Å². The average molecular weight is 524 g/mol. The van der Waals surface area contributed by atoms with Gasteiger partial charge in [-0.25, -0.2) is 9.13 Å². The van der Waals surface area contributed by atoms with Crippen molar-refractivity contribution in [3.63, 3.8) is 0 Å². The first kappa shape index (κ1) is 22.5. The first-order valence-electron chi connectivity index (χ1n) is 10.8. The molecule has 2 atom stereocenters. The van der Waals surface area contributed by atoms with Gasteiger partial charge in [0.05, 0.1) is 0 Å². The third kappa shape index (κ3) is 5.52. The fourth-order valence-corrected chi connectivity index (χ4v) is 4.81. The Labute approximate surface area is 196 Å². The van der Waals surface area contributed by atoms with Gasteiger partial charge in [-0.3, -0.25) is 0 Å². The molecular formula is C23H32Br2N4. The van der Waals surface area contributed by atoms with Crippen molar-refractivity contribution in [3.05, 3.63) is 49.1 Å². The van der Waals surface area contributed by atoms with Crippen molar-refractivity contribution in [2.24, 2.45) is 11.8 Å². The molecule has 4 nitrogen and oxygen atoms in total. The van der Waals surface area contributed by atoms with Crippen LogP contribution < -0.4 is 52.9 Å². The molecular weight excluding hydrogens is 492 g/mol. The van der Waals surface area contributed by atoms with Crippen molar-refractivity contribution in [1.82, 2.24) is 0 Å². The van der Waals surface area contributed by atoms with Gasteiger partial charge >= 0.3 is 0 Å². The van der Waals surface area contributed by atoms with Crippen molar-refractivity contribution in [1.29, 1.82) is 0 Å². The van der Waals surface area contributed by atoms with Gasteiger partial charge in [-0.05, 0) is 32.1 Å². The lowest BCUT2D eigenvalue weighted by molar-refractivity contribution is -0.709. The van der Waals surface area contributed by atoms with E-state index in [1.807, 2.05) is 0 Å². The minimum absolute atomic E-state index is 0. The molecule has 1 saturated carbocycles. The lowest BCUT2D eigenvalue weighted by atomic mass is 10.3. The predicted octanol–water partition coefficient (Wildman–Crippen LogP) is -3.19. The number of hydrogen-bond donors (Lipinski definition) is 0. The van der Waals surface area contributed by atoms with Crippen LogP contribution in [-0.2, 0) is 13.1 Å². The van der Waals surface area contributed by atoms with Crippen LogP contribution >= 0.6 is 0 Å². The Kier molecular flexibility index (Phi) is 7.97. The van der Waals surface area contributed by atoms with Crippen LogP contribution in [0.1, 0.15) is 32.1 Å². The number of hydrogen-bond acceptors (Lipinski definition) is 2. The zero-order valence-corrected chi connectivity index (χ0v) is 20.3. The normalized spacial score (nSPS) is 22.9. The van der Waals surface area contributed by atoms with E-state index in [1.165, 1.54) is 69.7 Å². The standard InChI is InChI=1S/C23H32N4.2BrH/c1-2-10-26(9-1)22-5-13-24(14-6-22)18-20-17-21(20)19-25-15-7-23(8-16-25)27-11-3-4-12-27;;/h5-8,13-16,20-21H,1-4,9-12,17-19H2;2*1H/q+2;;/p-2/t20-,21-;;/m0../s1. The van der Waals surface area contributed by atoms with E-state index >= 15 is 0 Å². The number of anilines is 2. The molecule has 2 aliphatic heterocycles. The largest absolute Gasteiger partial charge is 1.00 e. The van der Waals surface area contributed by atoms with Crippen molar-refractivity contribution in [3.8, 4) is 0 Å². The lowest BCUT2D eigenvalue weighted by Gasteiger charge is -2.16. The minimum Gasteiger partial charge on any atom is -1.00 e. The molecule has 158 valence electrons. The smallest absolute Gasteiger partial charge is 0.170 e. The predicted molar refractivity (Wildman–Crippen MR) is 108 cm³/mol. The maximum atomic E-state index is 2.51. The summed E-state index contributed by atoms with van der Waals surface area (Å²) in [6, 6.07) is 9.20. The van der Waals surface area contributed by atoms with Gasteiger partial charge in [-0.2, -0.15) is 0 Å². The van der Waals surface area contributed by atoms with E-state index < -0.39 is 0 Å². The maximum Gasteiger partial charge on any atom is 0.170 e. The summed E-state index contributed by atoms with van der Waals surface area (Å²) >= 11 is 0. The van der Waals surface area contributed by atoms with Gasteiger partial charge in [-0.15, -0.1) is 0 Å². The summed E-state index contributed by atoms with van der Waals surface area (Å²) in [6.45, 7) is 7.23. The molecule has 0 unspecified atom stereocenters. The Morgan fingerprint density at radius 3 is 1.31 bits per heavy atom. The molecule has 0 N–H and O–H groups in total. The highest BCUT2D eigenvalue weighted by Crippen LogP contribution is 2.38. The topological polar surface area (TPSA) is 14.2 Å². The highest BCUT2D eigenvalue weighted by atomic mass is 79.9. The Morgan fingerprint density at radius 2 is 0.966 bits per heavy atom. The molecule has 2 aromatic rings. The molecule has 2 saturated heterocycles. The maximum absolute atomic E-state index is 2.51. The van der Waals surface area contributed by atoms with Crippen LogP contribution in [0.15, 0.2) is 49.1 Å². The van der Waals surface area contributed by atoms with Gasteiger partial charge in [0, 0.05) is 73.7 Å². The van der Waals surface area contributed by atoms with Gasteiger partial charge in [0.15, 0.2) is 37.9 Å². The van der Waals surface area contributed by atoms with Gasteiger partial charge in [0.1, 0.15) is 0 Å². The highest BCUT2D eigenvalue weighted by Gasteiger charge is 2.42. The molecule has 2 aromatic heterocycles. The van der Waals surface area contributed by atoms with Gasteiger partial charge in [0.2, 0.25) is 0 Å². The zero-order valence-electron chi connectivity index (χ0n) is 17.1. The van der Waals surface area contributed by atoms with E-state index in [2.05, 4.69) is 68.0 Å². The van der Waals surface area contributed by atoms with Crippen LogP contribution in [0, 0.1) is 11.8 Å². The second-order valence-corrected chi connectivity index (χ2v) is 8.65. The van der Waals surface area contributed by atoms with Gasteiger partial charge in [-0.1, -0.05) is 0 Å². The lowest BCUT2D eigenvalue weighted by Crippen LogP contribution is -3.00. The van der Waals surface area contributed by atoms with Crippen molar-refractivity contribution in [2.45, 2.75) is 45.2 Å². The number of rotatable bonds is 6. The summed E-state index contributed by atoms with van der Waals surface area (Å²) in [7, 11) is 0. The van der Waals surface area contributed by atoms with Crippen molar-refractivity contribution < 1.29 is 43.1 Å². The Balaban J connectivity index is 0.00000120. The molecule has 0 spiro atoms. The number of halogens is 2. The molecule has 6 heteroatoms. The molecule has 4 heterocycles. The zero-order chi connectivity index (χ0) is 18.1. The fourth-order valence-electron chi connectivity index (χ4n) is 4.81. The summed E-state index contributed by atoms with van der Waals surface area (Å²) in [4.78, 5) is 5.01. The molecule has 0 aromatic carbocycles. The molecule has 0 radical (unpaired) electrons. The Bertz CT molecular complexity index is 688. The molecule has 1 aliphatic carbocycles. The Hall–Kier alpha value is -1.14. The Morgan fingerprint density at radius 1 is 0.621 bits per heavy atom. The van der Waals surface area contributed by atoms with E-state index in [4.69, 9.17) is 0 Å². The quantitative estimate of drug-likeness (QED) is 0.370. The van der Waals surface area contributed by atoms with E-state index in [-0.39, 0.29) is 34.0 Å². The number of nitrogens with zero attached hydrogens (tertiary/aromatic N) is 4. The monoisotopic (exact) mass is 522 g/mol. The second-order valence-electron chi connectivity index (χ2n) is 8.65. The summed E-state index contributed by atoms with van der Waals surface area (Å²) in [6.07, 6.45) is 15.8. The van der Waals surface area contributed by atoms with Crippen LogP contribution in [0.3, 0.4) is 0 Å². The average Bonchev–Trinajstić information content (AvgIpc) is 3.16. The molecule has 0 amide bonds. The van der Waals surface area contributed by atoms with Crippen molar-refractivity contribution in [2.75, 3.05) is 36.0 Å². The summed E-state index contributed by atoms with van der Waals surface area (Å²) in [5, 5.41) is 0. The van der Waals surface area contributed by atoms with E-state index in [0.29, 0.717) is 0 Å². The van der Waals surface area contributed by atoms with Crippen LogP contribution in [0.5, 0.6) is 0 Å². The summed E-state index contributed by atoms with van der Waals surface area (Å²) in [5.74, 6) is 1.66. The molecule has 5 rings (SSSR count). The highest BCUT2D eigenvalue weighted by molar-refractivity contribution is 5.45. The van der Waals surface area contributed by atoms with Crippen molar-refractivity contribution >= 4 is 11.4 Å². The SMILES string of the molecule is [Br-].[Br-].c1c[n+](C[C@@H]2C[C@H]2C[n+]2ccc(N3CCCC3)cc2)ccc1N1CCCC1. The van der Waals surface area contributed by atoms with Crippen LogP contribution in [0.25, 0.3) is 0 Å². The molecule has 3 fully saturated rings. The number of aromatic nitrogens is 2. The van der Waals surface area contributed by atoms with Crippen LogP contribution in [0.2, 0.25) is 0 Å². The van der Waals surface area contributed by atoms with Gasteiger partial charge in [0.25, 0.3) is 0 Å². The number of pyridine rings is 2. The third-order valence-electron chi connectivity index (χ3n) is 6.65. The summed E-state index contributed by atoms with van der Waals surface area (Å²) < 4.78 is 4.76. The molecule has 0 bridgehead atoms. The third-order valence-corrected chi connectivity index (χ3v) is 6.65. The molecule has 3 aliphatic rings. The van der Waals surface area contributed by atoms with Crippen LogP contribution in [-0.4, -0.2) is 26.2 Å². The van der Waals surface area contributed by atoms with Crippen LogP contribution in [0.4, 0.5) is 11.4 Å². The second kappa shape index (κ2) is 10.3. The van der Waals surface area contributed by atoms with E-state index in [1.54, 1.807) is 0 Å². The molecule has 29 heavy (non-hydrogen) atoms. The first-order chi connectivity index (χ1) is 13.3. The van der Waals surface area contributed by atoms with Gasteiger partial charge < -0.3 is 43.8 Å². The minimum atomic E-state index is 0. The van der Waals surface area contributed by atoms with E-state index in [0.717, 1.165) is 24.9 Å².